The molecule has 0 radical (unpaired) electrons. The second-order valence-electron chi connectivity index (χ2n) is 7.48. The van der Waals surface area contributed by atoms with Crippen LogP contribution in [-0.2, 0) is 11.3 Å². The zero-order chi connectivity index (χ0) is 21.5. The average Bonchev–Trinajstić information content (AvgIpc) is 2.73. The minimum absolute atomic E-state index is 0.0191. The summed E-state index contributed by atoms with van der Waals surface area (Å²) in [6.07, 6.45) is -4.77. The quantitative estimate of drug-likeness (QED) is 0.706. The standard InChI is InChI=1S/C20H22F4N4O2/c1-13(14-2-4-15(21)5-3-14)28-16(20(22,23)24)6-7-27-18(29)12-17(25-19(27)28)26-8-10-30-11-9-26/h2-5,12-13,16H,6-11H2,1H3/t13-,16-/m0/s1. The fourth-order valence-electron chi connectivity index (χ4n) is 4.04. The predicted molar refractivity (Wildman–Crippen MR) is 103 cm³/mol. The van der Waals surface area contributed by atoms with Crippen molar-refractivity contribution in [3.05, 3.63) is 52.1 Å². The van der Waals surface area contributed by atoms with Gasteiger partial charge in [-0.2, -0.15) is 18.2 Å². The molecule has 162 valence electrons. The van der Waals surface area contributed by atoms with E-state index in [1.165, 1.54) is 34.9 Å². The van der Waals surface area contributed by atoms with Gasteiger partial charge in [0, 0.05) is 25.7 Å². The van der Waals surface area contributed by atoms with E-state index in [2.05, 4.69) is 4.98 Å². The number of alkyl halides is 3. The van der Waals surface area contributed by atoms with Crippen LogP contribution in [-0.4, -0.2) is 48.1 Å². The Morgan fingerprint density at radius 1 is 1.13 bits per heavy atom. The largest absolute Gasteiger partial charge is 0.408 e. The molecule has 30 heavy (non-hydrogen) atoms. The Morgan fingerprint density at radius 2 is 1.80 bits per heavy atom. The number of hydrogen-bond acceptors (Lipinski definition) is 5. The second kappa shape index (κ2) is 7.90. The molecule has 0 bridgehead atoms. The van der Waals surface area contributed by atoms with Gasteiger partial charge in [-0.1, -0.05) is 12.1 Å². The molecule has 3 heterocycles. The summed E-state index contributed by atoms with van der Waals surface area (Å²) in [5.41, 5.74) is 0.114. The van der Waals surface area contributed by atoms with E-state index < -0.39 is 29.6 Å². The lowest BCUT2D eigenvalue weighted by Crippen LogP contribution is -2.53. The number of fused-ring (bicyclic) bond motifs is 1. The molecule has 2 aliphatic heterocycles. The van der Waals surface area contributed by atoms with Crippen LogP contribution >= 0.6 is 0 Å². The van der Waals surface area contributed by atoms with Gasteiger partial charge in [-0.15, -0.1) is 0 Å². The first-order valence-electron chi connectivity index (χ1n) is 9.81. The number of nitrogens with zero attached hydrogens (tertiary/aromatic N) is 4. The number of halogens is 4. The van der Waals surface area contributed by atoms with Gasteiger partial charge >= 0.3 is 6.18 Å². The molecule has 0 spiro atoms. The number of benzene rings is 1. The van der Waals surface area contributed by atoms with Crippen molar-refractivity contribution in [3.8, 4) is 0 Å². The Morgan fingerprint density at radius 3 is 2.43 bits per heavy atom. The Hall–Kier alpha value is -2.62. The lowest BCUT2D eigenvalue weighted by Gasteiger charge is -2.43. The van der Waals surface area contributed by atoms with Crippen molar-refractivity contribution in [2.24, 2.45) is 0 Å². The number of hydrogen-bond donors (Lipinski definition) is 0. The normalized spacial score (nSPS) is 20.8. The first-order valence-corrected chi connectivity index (χ1v) is 9.81. The summed E-state index contributed by atoms with van der Waals surface area (Å²) in [4.78, 5) is 20.2. The van der Waals surface area contributed by atoms with E-state index >= 15 is 0 Å². The molecule has 2 aromatic rings. The first-order chi connectivity index (χ1) is 14.3. The molecule has 6 nitrogen and oxygen atoms in total. The van der Waals surface area contributed by atoms with Crippen LogP contribution in [0.25, 0.3) is 0 Å². The van der Waals surface area contributed by atoms with Gasteiger partial charge in [-0.3, -0.25) is 9.36 Å². The van der Waals surface area contributed by atoms with Crippen LogP contribution in [0.5, 0.6) is 0 Å². The maximum absolute atomic E-state index is 13.9. The molecule has 0 saturated carbocycles. The van der Waals surface area contributed by atoms with Gasteiger partial charge in [-0.05, 0) is 31.0 Å². The third-order valence-electron chi connectivity index (χ3n) is 5.65. The highest BCUT2D eigenvalue weighted by molar-refractivity contribution is 5.48. The smallest absolute Gasteiger partial charge is 0.378 e. The van der Waals surface area contributed by atoms with Gasteiger partial charge in [0.15, 0.2) is 0 Å². The molecule has 1 aromatic carbocycles. The number of aromatic nitrogens is 2. The molecule has 0 aliphatic carbocycles. The van der Waals surface area contributed by atoms with Crippen LogP contribution in [0.2, 0.25) is 0 Å². The zero-order valence-electron chi connectivity index (χ0n) is 16.4. The van der Waals surface area contributed by atoms with Crippen LogP contribution in [0, 0.1) is 5.82 Å². The molecule has 0 N–H and O–H groups in total. The maximum Gasteiger partial charge on any atom is 0.408 e. The monoisotopic (exact) mass is 426 g/mol. The average molecular weight is 426 g/mol. The van der Waals surface area contributed by atoms with Gasteiger partial charge in [-0.25, -0.2) is 4.39 Å². The van der Waals surface area contributed by atoms with Gasteiger partial charge in [0.05, 0.1) is 19.3 Å². The summed E-state index contributed by atoms with van der Waals surface area (Å²) < 4.78 is 61.7. The third kappa shape index (κ3) is 3.88. The molecule has 0 amide bonds. The zero-order valence-corrected chi connectivity index (χ0v) is 16.4. The van der Waals surface area contributed by atoms with E-state index in [-0.39, 0.29) is 18.9 Å². The lowest BCUT2D eigenvalue weighted by atomic mass is 10.0. The maximum atomic E-state index is 13.9. The summed E-state index contributed by atoms with van der Waals surface area (Å²) >= 11 is 0. The molecule has 2 aliphatic rings. The minimum Gasteiger partial charge on any atom is -0.378 e. The van der Waals surface area contributed by atoms with Crippen LogP contribution in [0.4, 0.5) is 29.3 Å². The molecular formula is C20H22F4N4O2. The van der Waals surface area contributed by atoms with Gasteiger partial charge in [0.25, 0.3) is 5.56 Å². The molecule has 1 fully saturated rings. The highest BCUT2D eigenvalue weighted by Gasteiger charge is 2.48. The van der Waals surface area contributed by atoms with Crippen LogP contribution in [0.1, 0.15) is 24.9 Å². The van der Waals surface area contributed by atoms with E-state index in [1.54, 1.807) is 6.92 Å². The van der Waals surface area contributed by atoms with Gasteiger partial charge in [0.2, 0.25) is 5.95 Å². The van der Waals surface area contributed by atoms with Gasteiger partial charge < -0.3 is 14.5 Å². The van der Waals surface area contributed by atoms with Crippen molar-refractivity contribution < 1.29 is 22.3 Å². The molecule has 2 atom stereocenters. The van der Waals surface area contributed by atoms with Crippen LogP contribution in [0.3, 0.4) is 0 Å². The molecule has 1 saturated heterocycles. The molecule has 4 rings (SSSR count). The molecule has 1 aromatic heterocycles. The van der Waals surface area contributed by atoms with Gasteiger partial charge in [0.1, 0.15) is 17.7 Å². The summed E-state index contributed by atoms with van der Waals surface area (Å²) in [5, 5.41) is 0. The second-order valence-corrected chi connectivity index (χ2v) is 7.48. The Bertz CT molecular complexity index is 955. The van der Waals surface area contributed by atoms with Crippen LogP contribution < -0.4 is 15.4 Å². The van der Waals surface area contributed by atoms with Crippen molar-refractivity contribution in [2.45, 2.75) is 38.1 Å². The molecule has 0 unspecified atom stereocenters. The van der Waals surface area contributed by atoms with Crippen molar-refractivity contribution >= 4 is 11.8 Å². The Kier molecular flexibility index (Phi) is 5.44. The van der Waals surface area contributed by atoms with Crippen molar-refractivity contribution in [1.82, 2.24) is 9.55 Å². The van der Waals surface area contributed by atoms with Crippen molar-refractivity contribution in [2.75, 3.05) is 36.1 Å². The van der Waals surface area contributed by atoms with E-state index in [0.717, 1.165) is 4.90 Å². The summed E-state index contributed by atoms with van der Waals surface area (Å²) in [7, 11) is 0. The minimum atomic E-state index is -4.51. The fourth-order valence-corrected chi connectivity index (χ4v) is 4.04. The summed E-state index contributed by atoms with van der Waals surface area (Å²) in [6.45, 7) is 3.47. The topological polar surface area (TPSA) is 50.6 Å². The fraction of sp³-hybridized carbons (Fsp3) is 0.500. The number of rotatable bonds is 3. The van der Waals surface area contributed by atoms with Crippen LogP contribution in [0.15, 0.2) is 35.1 Å². The van der Waals surface area contributed by atoms with E-state index in [4.69, 9.17) is 4.74 Å². The van der Waals surface area contributed by atoms with Crippen molar-refractivity contribution in [1.29, 1.82) is 0 Å². The predicted octanol–water partition coefficient (Wildman–Crippen LogP) is 3.12. The molecule has 10 heteroatoms. The number of morpholine rings is 1. The first kappa shape index (κ1) is 20.6. The van der Waals surface area contributed by atoms with E-state index in [9.17, 15) is 22.4 Å². The highest BCUT2D eigenvalue weighted by atomic mass is 19.4. The Labute approximate surface area is 170 Å². The van der Waals surface area contributed by atoms with E-state index in [1.807, 2.05) is 4.90 Å². The summed E-state index contributed by atoms with van der Waals surface area (Å²) in [6, 6.07) is 4.13. The summed E-state index contributed by atoms with van der Waals surface area (Å²) in [5.74, 6) is -0.149. The number of ether oxygens (including phenoxy) is 1. The van der Waals surface area contributed by atoms with E-state index in [0.29, 0.717) is 37.7 Å². The highest BCUT2D eigenvalue weighted by Crippen LogP contribution is 2.39. The Balaban J connectivity index is 1.81. The SMILES string of the molecule is C[C@@H](c1ccc(F)cc1)N1c2nc(N3CCOCC3)cc(=O)n2CC[C@H]1C(F)(F)F. The lowest BCUT2D eigenvalue weighted by molar-refractivity contribution is -0.154. The van der Waals surface area contributed by atoms with Crippen molar-refractivity contribution in [3.63, 3.8) is 0 Å². The molecular weight excluding hydrogens is 404 g/mol. The third-order valence-corrected chi connectivity index (χ3v) is 5.65. The number of anilines is 2.